The predicted molar refractivity (Wildman–Crippen MR) is 66.8 cm³/mol. The molecule has 2 atom stereocenters. The fraction of sp³-hybridized carbons (Fsp3) is 0.583. The van der Waals surface area contributed by atoms with Gasteiger partial charge in [-0.15, -0.1) is 11.8 Å². The Morgan fingerprint density at radius 1 is 1.59 bits per heavy atom. The molecule has 3 rings (SSSR count). The third-order valence-corrected chi connectivity index (χ3v) is 4.34. The number of hydrogen-bond donors (Lipinski definition) is 2. The molecule has 2 aliphatic rings. The van der Waals surface area contributed by atoms with E-state index in [-0.39, 0.29) is 18.0 Å². The van der Waals surface area contributed by atoms with Gasteiger partial charge in [0.05, 0.1) is 18.3 Å². The zero-order valence-electron chi connectivity index (χ0n) is 9.57. The van der Waals surface area contributed by atoms with Crippen molar-refractivity contribution < 1.29 is 9.21 Å². The second-order valence-corrected chi connectivity index (χ2v) is 5.55. The van der Waals surface area contributed by atoms with Crippen LogP contribution in [-0.4, -0.2) is 23.6 Å². The van der Waals surface area contributed by atoms with Gasteiger partial charge in [0.2, 0.25) is 5.91 Å². The first-order valence-electron chi connectivity index (χ1n) is 6.02. The molecule has 4 nitrogen and oxygen atoms in total. The van der Waals surface area contributed by atoms with Gasteiger partial charge < -0.3 is 9.73 Å². The lowest BCUT2D eigenvalue weighted by molar-refractivity contribution is -0.123. The Morgan fingerprint density at radius 3 is 3.35 bits per heavy atom. The van der Waals surface area contributed by atoms with E-state index in [0.29, 0.717) is 0 Å². The monoisotopic (exact) mass is 252 g/mol. The molecule has 2 unspecified atom stereocenters. The van der Waals surface area contributed by atoms with Gasteiger partial charge in [0, 0.05) is 23.6 Å². The van der Waals surface area contributed by atoms with Crippen LogP contribution in [-0.2, 0) is 11.2 Å². The number of rotatable bonds is 2. The number of carbonyl (C=O) groups excluding carboxylic acids is 1. The summed E-state index contributed by atoms with van der Waals surface area (Å²) >= 11 is 1.77. The topological polar surface area (TPSA) is 54.3 Å². The second-order valence-electron chi connectivity index (χ2n) is 4.52. The molecule has 0 spiro atoms. The Bertz CT molecular complexity index is 412. The smallest absolute Gasteiger partial charge is 0.238 e. The van der Waals surface area contributed by atoms with Crippen molar-refractivity contribution in [2.75, 3.05) is 11.6 Å². The molecule has 0 saturated carbocycles. The van der Waals surface area contributed by atoms with Crippen molar-refractivity contribution in [2.24, 2.45) is 0 Å². The van der Waals surface area contributed by atoms with E-state index in [1.54, 1.807) is 18.0 Å². The maximum absolute atomic E-state index is 12.0. The maximum atomic E-state index is 12.0. The summed E-state index contributed by atoms with van der Waals surface area (Å²) in [5, 5.41) is 6.32. The van der Waals surface area contributed by atoms with Crippen LogP contribution in [0, 0.1) is 0 Å². The molecule has 5 heteroatoms. The third kappa shape index (κ3) is 2.21. The van der Waals surface area contributed by atoms with Crippen molar-refractivity contribution >= 4 is 17.7 Å². The van der Waals surface area contributed by atoms with Crippen molar-refractivity contribution in [1.29, 1.82) is 0 Å². The van der Waals surface area contributed by atoms with E-state index >= 15 is 0 Å². The Labute approximate surface area is 105 Å². The highest BCUT2D eigenvalue weighted by atomic mass is 32.2. The summed E-state index contributed by atoms with van der Waals surface area (Å²) in [5.41, 5.74) is 1.16. The van der Waals surface area contributed by atoms with Crippen molar-refractivity contribution in [3.63, 3.8) is 0 Å². The van der Waals surface area contributed by atoms with Crippen LogP contribution in [0.1, 0.15) is 30.2 Å². The molecule has 1 saturated heterocycles. The minimum absolute atomic E-state index is 0.0303. The zero-order valence-corrected chi connectivity index (χ0v) is 10.4. The molecule has 0 bridgehead atoms. The number of amides is 1. The lowest BCUT2D eigenvalue weighted by Gasteiger charge is -2.24. The SMILES string of the molecule is O=C(NC1CCCc2occc21)C1CSCN1. The van der Waals surface area contributed by atoms with Crippen LogP contribution in [0.3, 0.4) is 0 Å². The van der Waals surface area contributed by atoms with Crippen LogP contribution >= 0.6 is 11.8 Å². The molecular weight excluding hydrogens is 236 g/mol. The number of thioether (sulfide) groups is 1. The van der Waals surface area contributed by atoms with Crippen LogP contribution in [0.15, 0.2) is 16.7 Å². The molecule has 1 aliphatic heterocycles. The molecular formula is C12H16N2O2S. The second kappa shape index (κ2) is 4.74. The number of aryl methyl sites for hydroxylation is 1. The average molecular weight is 252 g/mol. The van der Waals surface area contributed by atoms with Gasteiger partial charge in [0.25, 0.3) is 0 Å². The fourth-order valence-corrected chi connectivity index (χ4v) is 3.41. The van der Waals surface area contributed by atoms with Gasteiger partial charge in [0.15, 0.2) is 0 Å². The predicted octanol–water partition coefficient (Wildman–Crippen LogP) is 1.44. The lowest BCUT2D eigenvalue weighted by Crippen LogP contribution is -2.44. The zero-order chi connectivity index (χ0) is 11.7. The Hall–Kier alpha value is -0.940. The van der Waals surface area contributed by atoms with Crippen LogP contribution < -0.4 is 10.6 Å². The van der Waals surface area contributed by atoms with Gasteiger partial charge in [-0.05, 0) is 18.9 Å². The molecule has 1 aromatic rings. The van der Waals surface area contributed by atoms with E-state index in [0.717, 1.165) is 42.2 Å². The molecule has 92 valence electrons. The molecule has 0 aromatic carbocycles. The third-order valence-electron chi connectivity index (χ3n) is 3.40. The Morgan fingerprint density at radius 2 is 2.53 bits per heavy atom. The van der Waals surface area contributed by atoms with E-state index in [1.165, 1.54) is 0 Å². The largest absolute Gasteiger partial charge is 0.469 e. The lowest BCUT2D eigenvalue weighted by atomic mass is 9.93. The Balaban J connectivity index is 1.68. The van der Waals surface area contributed by atoms with Gasteiger partial charge in [-0.1, -0.05) is 0 Å². The van der Waals surface area contributed by atoms with E-state index in [4.69, 9.17) is 4.42 Å². The summed E-state index contributed by atoms with van der Waals surface area (Å²) in [6, 6.07) is 2.09. The van der Waals surface area contributed by atoms with E-state index < -0.39 is 0 Å². The van der Waals surface area contributed by atoms with Crippen LogP contribution in [0.4, 0.5) is 0 Å². The van der Waals surface area contributed by atoms with Gasteiger partial charge in [-0.3, -0.25) is 10.1 Å². The van der Waals surface area contributed by atoms with Gasteiger partial charge >= 0.3 is 0 Å². The van der Waals surface area contributed by atoms with Crippen LogP contribution in [0.5, 0.6) is 0 Å². The minimum atomic E-state index is -0.0303. The molecule has 1 amide bonds. The average Bonchev–Trinajstić information content (AvgIpc) is 3.00. The van der Waals surface area contributed by atoms with Gasteiger partial charge in [0.1, 0.15) is 5.76 Å². The van der Waals surface area contributed by atoms with Crippen LogP contribution in [0.2, 0.25) is 0 Å². The number of hydrogen-bond acceptors (Lipinski definition) is 4. The highest BCUT2D eigenvalue weighted by molar-refractivity contribution is 7.99. The molecule has 2 N–H and O–H groups in total. The summed E-state index contributed by atoms with van der Waals surface area (Å²) in [5.74, 6) is 2.90. The molecule has 0 radical (unpaired) electrons. The normalized spacial score (nSPS) is 27.8. The van der Waals surface area contributed by atoms with E-state index in [2.05, 4.69) is 10.6 Å². The molecule has 1 fully saturated rings. The number of carbonyl (C=O) groups is 1. The standard InChI is InChI=1S/C12H16N2O2S/c15-12(10-6-17-7-13-10)14-9-2-1-3-11-8(9)4-5-16-11/h4-5,9-10,13H,1-3,6-7H2,(H,14,15). The molecule has 1 aromatic heterocycles. The first kappa shape index (κ1) is 11.2. The highest BCUT2D eigenvalue weighted by Gasteiger charge is 2.28. The Kier molecular flexibility index (Phi) is 3.11. The first-order chi connectivity index (χ1) is 8.34. The first-order valence-corrected chi connectivity index (χ1v) is 7.18. The van der Waals surface area contributed by atoms with Crippen LogP contribution in [0.25, 0.3) is 0 Å². The van der Waals surface area contributed by atoms with Crippen molar-refractivity contribution in [1.82, 2.24) is 10.6 Å². The number of fused-ring (bicyclic) bond motifs is 1. The summed E-state index contributed by atoms with van der Waals surface area (Å²) in [6.07, 6.45) is 4.81. The summed E-state index contributed by atoms with van der Waals surface area (Å²) in [6.45, 7) is 0. The van der Waals surface area contributed by atoms with Gasteiger partial charge in [-0.25, -0.2) is 0 Å². The van der Waals surface area contributed by atoms with E-state index in [1.807, 2.05) is 6.07 Å². The number of furan rings is 1. The maximum Gasteiger partial charge on any atom is 0.238 e. The quantitative estimate of drug-likeness (QED) is 0.836. The molecule has 17 heavy (non-hydrogen) atoms. The highest BCUT2D eigenvalue weighted by Crippen LogP contribution is 2.30. The summed E-state index contributed by atoms with van der Waals surface area (Å²) < 4.78 is 5.42. The minimum Gasteiger partial charge on any atom is -0.469 e. The summed E-state index contributed by atoms with van der Waals surface area (Å²) in [7, 11) is 0. The summed E-state index contributed by atoms with van der Waals surface area (Å²) in [4.78, 5) is 12.0. The van der Waals surface area contributed by atoms with Crippen molar-refractivity contribution in [3.8, 4) is 0 Å². The fourth-order valence-electron chi connectivity index (χ4n) is 2.47. The van der Waals surface area contributed by atoms with Crippen molar-refractivity contribution in [2.45, 2.75) is 31.3 Å². The molecule has 1 aliphatic carbocycles. The molecule has 2 heterocycles. The van der Waals surface area contributed by atoms with Gasteiger partial charge in [-0.2, -0.15) is 0 Å². The van der Waals surface area contributed by atoms with E-state index in [9.17, 15) is 4.79 Å². The van der Waals surface area contributed by atoms with Crippen molar-refractivity contribution in [3.05, 3.63) is 23.7 Å². The number of nitrogens with one attached hydrogen (secondary N) is 2.